The highest BCUT2D eigenvalue weighted by Gasteiger charge is 2.43. The first kappa shape index (κ1) is 13.1. The molecule has 6 heteroatoms. The number of carbonyl (C=O) groups excluding carboxylic acids is 1. The fourth-order valence-corrected chi connectivity index (χ4v) is 3.43. The fraction of sp³-hybridized carbons (Fsp3) is 0.643. The number of nitrogens with zero attached hydrogens (tertiary/aromatic N) is 3. The lowest BCUT2D eigenvalue weighted by Crippen LogP contribution is -2.43. The van der Waals surface area contributed by atoms with Gasteiger partial charge in [0.15, 0.2) is 0 Å². The lowest BCUT2D eigenvalue weighted by Gasteiger charge is -2.30. The Bertz CT molecular complexity index is 540. The lowest BCUT2D eigenvalue weighted by atomic mass is 9.94. The van der Waals surface area contributed by atoms with Crippen LogP contribution in [0.4, 0.5) is 0 Å². The van der Waals surface area contributed by atoms with E-state index >= 15 is 0 Å². The summed E-state index contributed by atoms with van der Waals surface area (Å²) >= 11 is 0. The van der Waals surface area contributed by atoms with Gasteiger partial charge >= 0.3 is 5.97 Å². The third-order valence-electron chi connectivity index (χ3n) is 4.49. The summed E-state index contributed by atoms with van der Waals surface area (Å²) < 4.78 is 2.04. The molecule has 1 aromatic rings. The van der Waals surface area contributed by atoms with Gasteiger partial charge in [0.1, 0.15) is 5.82 Å². The second-order valence-electron chi connectivity index (χ2n) is 5.92. The van der Waals surface area contributed by atoms with Gasteiger partial charge in [-0.05, 0) is 18.8 Å². The molecule has 20 heavy (non-hydrogen) atoms. The van der Waals surface area contributed by atoms with Crippen LogP contribution in [-0.2, 0) is 22.7 Å². The van der Waals surface area contributed by atoms with E-state index < -0.39 is 11.9 Å². The normalized spacial score (nSPS) is 29.2. The molecular formula is C14H19N3O3. The van der Waals surface area contributed by atoms with Crippen molar-refractivity contribution in [3.05, 3.63) is 18.2 Å². The topological polar surface area (TPSA) is 75.4 Å². The number of hydrogen-bond acceptors (Lipinski definition) is 3. The number of imidazole rings is 1. The van der Waals surface area contributed by atoms with Crippen LogP contribution in [0.2, 0.25) is 0 Å². The minimum atomic E-state index is -0.841. The van der Waals surface area contributed by atoms with Gasteiger partial charge in [0.05, 0.1) is 18.4 Å². The average molecular weight is 277 g/mol. The maximum atomic E-state index is 12.6. The number of rotatable bonds is 2. The van der Waals surface area contributed by atoms with E-state index in [2.05, 4.69) is 4.98 Å². The van der Waals surface area contributed by atoms with E-state index in [0.717, 1.165) is 12.4 Å². The molecule has 1 saturated carbocycles. The Balaban J connectivity index is 1.74. The Morgan fingerprint density at radius 3 is 2.80 bits per heavy atom. The van der Waals surface area contributed by atoms with Crippen LogP contribution in [0.25, 0.3) is 0 Å². The molecule has 3 rings (SSSR count). The predicted octanol–water partition coefficient (Wildman–Crippen LogP) is 0.972. The van der Waals surface area contributed by atoms with Crippen molar-refractivity contribution in [3.8, 4) is 0 Å². The molecule has 1 aliphatic heterocycles. The van der Waals surface area contributed by atoms with Gasteiger partial charge in [0, 0.05) is 25.5 Å². The monoisotopic (exact) mass is 277 g/mol. The molecule has 6 nitrogen and oxygen atoms in total. The molecular weight excluding hydrogens is 258 g/mol. The molecule has 2 aliphatic rings. The van der Waals surface area contributed by atoms with Crippen molar-refractivity contribution in [2.24, 2.45) is 17.8 Å². The maximum Gasteiger partial charge on any atom is 0.307 e. The number of carbonyl (C=O) groups is 2. The first-order valence-electron chi connectivity index (χ1n) is 7.08. The fourth-order valence-electron chi connectivity index (χ4n) is 3.43. The zero-order valence-electron chi connectivity index (χ0n) is 11.5. The van der Waals surface area contributed by atoms with Crippen LogP contribution >= 0.6 is 0 Å². The number of hydrogen-bond donors (Lipinski definition) is 1. The van der Waals surface area contributed by atoms with E-state index in [9.17, 15) is 14.7 Å². The van der Waals surface area contributed by atoms with Crippen molar-refractivity contribution < 1.29 is 14.7 Å². The highest BCUT2D eigenvalue weighted by atomic mass is 16.4. The largest absolute Gasteiger partial charge is 0.481 e. The van der Waals surface area contributed by atoms with Crippen LogP contribution in [0.3, 0.4) is 0 Å². The molecule has 3 atom stereocenters. The molecule has 0 aromatic carbocycles. The number of aliphatic carboxylic acids is 1. The maximum absolute atomic E-state index is 12.6. The van der Waals surface area contributed by atoms with E-state index in [4.69, 9.17) is 0 Å². The first-order chi connectivity index (χ1) is 9.56. The molecule has 1 N–H and O–H groups in total. The van der Waals surface area contributed by atoms with E-state index in [1.807, 2.05) is 17.7 Å². The van der Waals surface area contributed by atoms with Gasteiger partial charge in [-0.15, -0.1) is 0 Å². The molecule has 2 heterocycles. The van der Waals surface area contributed by atoms with Crippen LogP contribution in [0, 0.1) is 17.8 Å². The zero-order valence-corrected chi connectivity index (χ0v) is 11.5. The van der Waals surface area contributed by atoms with E-state index in [-0.39, 0.29) is 11.8 Å². The Morgan fingerprint density at radius 2 is 2.05 bits per heavy atom. The van der Waals surface area contributed by atoms with Crippen LogP contribution < -0.4 is 0 Å². The van der Waals surface area contributed by atoms with Gasteiger partial charge in [-0.25, -0.2) is 4.98 Å². The highest BCUT2D eigenvalue weighted by molar-refractivity contribution is 5.85. The van der Waals surface area contributed by atoms with Crippen molar-refractivity contribution in [2.75, 3.05) is 6.54 Å². The van der Waals surface area contributed by atoms with Crippen molar-refractivity contribution in [2.45, 2.75) is 32.9 Å². The van der Waals surface area contributed by atoms with E-state index in [0.29, 0.717) is 31.8 Å². The van der Waals surface area contributed by atoms with Crippen LogP contribution in [0.5, 0.6) is 0 Å². The van der Waals surface area contributed by atoms with Crippen LogP contribution in [-0.4, -0.2) is 38.0 Å². The Hall–Kier alpha value is -1.85. The third kappa shape index (κ3) is 2.19. The Kier molecular flexibility index (Phi) is 3.23. The van der Waals surface area contributed by atoms with Gasteiger partial charge in [0.25, 0.3) is 0 Å². The standard InChI is InChI=1S/C14H19N3O3/c1-9-6-10(11(7-9)14(19)20)13(18)17-5-4-16-3-2-15-12(16)8-17/h2-3,9-11H,4-8H2,1H3,(H,19,20). The number of carboxylic acids is 1. The minimum absolute atomic E-state index is 0.0176. The third-order valence-corrected chi connectivity index (χ3v) is 4.49. The molecule has 1 aromatic heterocycles. The van der Waals surface area contributed by atoms with Gasteiger partial charge in [-0.2, -0.15) is 0 Å². The van der Waals surface area contributed by atoms with Crippen molar-refractivity contribution in [1.82, 2.24) is 14.5 Å². The zero-order chi connectivity index (χ0) is 14.3. The van der Waals surface area contributed by atoms with Crippen LogP contribution in [0.1, 0.15) is 25.6 Å². The smallest absolute Gasteiger partial charge is 0.307 e. The summed E-state index contributed by atoms with van der Waals surface area (Å²) in [6.45, 7) is 3.88. The molecule has 0 spiro atoms. The lowest BCUT2D eigenvalue weighted by molar-refractivity contribution is -0.149. The quantitative estimate of drug-likeness (QED) is 0.874. The molecule has 1 amide bonds. The van der Waals surface area contributed by atoms with Gasteiger partial charge in [-0.1, -0.05) is 6.92 Å². The molecule has 1 fully saturated rings. The Morgan fingerprint density at radius 1 is 1.30 bits per heavy atom. The summed E-state index contributed by atoms with van der Waals surface area (Å²) in [6.07, 6.45) is 4.94. The number of carboxylic acid groups (broad SMARTS) is 1. The van der Waals surface area contributed by atoms with Gasteiger partial charge in [0.2, 0.25) is 5.91 Å². The molecule has 0 bridgehead atoms. The average Bonchev–Trinajstić information content (AvgIpc) is 3.02. The van der Waals surface area contributed by atoms with Gasteiger partial charge in [-0.3, -0.25) is 9.59 Å². The molecule has 108 valence electrons. The highest BCUT2D eigenvalue weighted by Crippen LogP contribution is 2.38. The first-order valence-corrected chi connectivity index (χ1v) is 7.08. The van der Waals surface area contributed by atoms with E-state index in [1.165, 1.54) is 0 Å². The second kappa shape index (κ2) is 4.92. The summed E-state index contributed by atoms with van der Waals surface area (Å²) in [4.78, 5) is 29.9. The Labute approximate surface area is 117 Å². The minimum Gasteiger partial charge on any atom is -0.481 e. The predicted molar refractivity (Wildman–Crippen MR) is 70.7 cm³/mol. The number of aromatic nitrogens is 2. The molecule has 3 unspecified atom stereocenters. The molecule has 0 saturated heterocycles. The van der Waals surface area contributed by atoms with Crippen LogP contribution in [0.15, 0.2) is 12.4 Å². The number of amides is 1. The van der Waals surface area contributed by atoms with Crippen molar-refractivity contribution in [1.29, 1.82) is 0 Å². The summed E-state index contributed by atoms with van der Waals surface area (Å²) in [5.41, 5.74) is 0. The SMILES string of the molecule is CC1CC(C(=O)O)C(C(=O)N2CCn3ccnc3C2)C1. The number of fused-ring (bicyclic) bond motifs is 1. The summed E-state index contributed by atoms with van der Waals surface area (Å²) in [5, 5.41) is 9.29. The second-order valence-corrected chi connectivity index (χ2v) is 5.92. The summed E-state index contributed by atoms with van der Waals surface area (Å²) in [6, 6.07) is 0. The molecule has 0 radical (unpaired) electrons. The summed E-state index contributed by atoms with van der Waals surface area (Å²) in [5.74, 6) is -0.579. The molecule has 1 aliphatic carbocycles. The van der Waals surface area contributed by atoms with Crippen molar-refractivity contribution >= 4 is 11.9 Å². The van der Waals surface area contributed by atoms with E-state index in [1.54, 1.807) is 11.1 Å². The van der Waals surface area contributed by atoms with Gasteiger partial charge < -0.3 is 14.6 Å². The summed E-state index contributed by atoms with van der Waals surface area (Å²) in [7, 11) is 0. The van der Waals surface area contributed by atoms with Crippen molar-refractivity contribution in [3.63, 3.8) is 0 Å².